The molecule has 3 aromatic rings. The summed E-state index contributed by atoms with van der Waals surface area (Å²) < 4.78 is 45.1. The van der Waals surface area contributed by atoms with Gasteiger partial charge in [-0.3, -0.25) is 4.79 Å². The fraction of sp³-hybridized carbons (Fsp3) is 0.261. The van der Waals surface area contributed by atoms with Gasteiger partial charge < -0.3 is 10.2 Å². The van der Waals surface area contributed by atoms with Crippen LogP contribution in [0.3, 0.4) is 0 Å². The number of hydrogen-bond donors (Lipinski definition) is 1. The molecule has 172 valence electrons. The van der Waals surface area contributed by atoms with Gasteiger partial charge in [0.1, 0.15) is 17.3 Å². The Labute approximate surface area is 191 Å². The molecule has 1 saturated heterocycles. The molecule has 33 heavy (non-hydrogen) atoms. The molecule has 0 spiro atoms. The van der Waals surface area contributed by atoms with Gasteiger partial charge in [-0.25, -0.2) is 9.07 Å². The zero-order valence-corrected chi connectivity index (χ0v) is 18.9. The summed E-state index contributed by atoms with van der Waals surface area (Å²) in [5, 5.41) is 6.76. The van der Waals surface area contributed by atoms with Gasteiger partial charge in [0.05, 0.1) is 4.90 Å². The SMILES string of the molecule is CN1CCCCCC1=NS(=O)(=O)c1cccc(NC(=O)c2ccn(-c3ccccc3F)n2)c1. The van der Waals surface area contributed by atoms with Crippen molar-refractivity contribution < 1.29 is 17.6 Å². The highest BCUT2D eigenvalue weighted by Crippen LogP contribution is 2.21. The average Bonchev–Trinajstić information content (AvgIpc) is 3.20. The Morgan fingerprint density at radius 1 is 1.09 bits per heavy atom. The minimum atomic E-state index is -3.94. The Morgan fingerprint density at radius 2 is 1.91 bits per heavy atom. The molecule has 1 N–H and O–H groups in total. The number of sulfonamides is 1. The van der Waals surface area contributed by atoms with Crippen molar-refractivity contribution in [3.63, 3.8) is 0 Å². The molecule has 0 saturated carbocycles. The van der Waals surface area contributed by atoms with Gasteiger partial charge in [-0.05, 0) is 49.2 Å². The van der Waals surface area contributed by atoms with Crippen molar-refractivity contribution in [1.29, 1.82) is 0 Å². The van der Waals surface area contributed by atoms with Crippen molar-refractivity contribution in [1.82, 2.24) is 14.7 Å². The number of nitrogens with one attached hydrogen (secondary N) is 1. The lowest BCUT2D eigenvalue weighted by Gasteiger charge is -2.17. The molecule has 10 heteroatoms. The maximum Gasteiger partial charge on any atom is 0.284 e. The van der Waals surface area contributed by atoms with E-state index in [2.05, 4.69) is 14.8 Å². The van der Waals surface area contributed by atoms with Crippen LogP contribution in [-0.2, 0) is 10.0 Å². The number of benzene rings is 2. The molecule has 1 aliphatic rings. The molecular formula is C23H24FN5O3S. The lowest BCUT2D eigenvalue weighted by atomic mass is 10.2. The summed E-state index contributed by atoms with van der Waals surface area (Å²) in [6.07, 6.45) is 5.03. The standard InChI is InChI=1S/C23H24FN5O3S/c1-28-14-6-2-3-12-22(28)27-33(31,32)18-9-7-8-17(16-18)25-23(30)20-13-15-29(26-20)21-11-5-4-10-19(21)24/h4-5,7-11,13,15-16H,2-3,6,12,14H2,1H3,(H,25,30). The predicted octanol–water partition coefficient (Wildman–Crippen LogP) is 3.86. The predicted molar refractivity (Wildman–Crippen MR) is 124 cm³/mol. The van der Waals surface area contributed by atoms with Crippen molar-refractivity contribution >= 4 is 27.5 Å². The number of hydrogen-bond acceptors (Lipinski definition) is 4. The van der Waals surface area contributed by atoms with Gasteiger partial charge >= 0.3 is 0 Å². The van der Waals surface area contributed by atoms with Crippen LogP contribution in [0.1, 0.15) is 36.2 Å². The highest BCUT2D eigenvalue weighted by molar-refractivity contribution is 7.90. The minimum absolute atomic E-state index is 0.0117. The number of halogens is 1. The van der Waals surface area contributed by atoms with E-state index in [0.29, 0.717) is 12.3 Å². The van der Waals surface area contributed by atoms with Gasteiger partial charge in [-0.15, -0.1) is 4.40 Å². The van der Waals surface area contributed by atoms with Gasteiger partial charge in [0.15, 0.2) is 5.69 Å². The number of likely N-dealkylation sites (tertiary alicyclic amines) is 1. The second kappa shape index (κ2) is 9.53. The topological polar surface area (TPSA) is 96.7 Å². The van der Waals surface area contributed by atoms with Crippen LogP contribution in [0.25, 0.3) is 5.69 Å². The third-order valence-corrected chi connectivity index (χ3v) is 6.67. The zero-order valence-electron chi connectivity index (χ0n) is 18.1. The molecule has 0 aliphatic carbocycles. The molecule has 0 radical (unpaired) electrons. The van der Waals surface area contributed by atoms with E-state index < -0.39 is 21.7 Å². The van der Waals surface area contributed by atoms with Crippen LogP contribution < -0.4 is 5.32 Å². The van der Waals surface area contributed by atoms with Crippen molar-refractivity contribution in [3.05, 3.63) is 72.3 Å². The molecule has 0 unspecified atom stereocenters. The lowest BCUT2D eigenvalue weighted by Crippen LogP contribution is -2.26. The first-order valence-corrected chi connectivity index (χ1v) is 12.0. The number of nitrogens with zero attached hydrogens (tertiary/aromatic N) is 4. The van der Waals surface area contributed by atoms with Crippen LogP contribution >= 0.6 is 0 Å². The third-order valence-electron chi connectivity index (χ3n) is 5.37. The third kappa shape index (κ3) is 5.28. The molecule has 4 rings (SSSR count). The van der Waals surface area contributed by atoms with Gasteiger partial charge in [0, 0.05) is 31.9 Å². The van der Waals surface area contributed by atoms with Crippen molar-refractivity contribution in [3.8, 4) is 5.69 Å². The van der Waals surface area contributed by atoms with Crippen molar-refractivity contribution in [2.24, 2.45) is 4.40 Å². The monoisotopic (exact) mass is 469 g/mol. The van der Waals surface area contributed by atoms with Crippen LogP contribution in [0.2, 0.25) is 0 Å². The smallest absolute Gasteiger partial charge is 0.284 e. The zero-order chi connectivity index (χ0) is 23.4. The molecule has 0 atom stereocenters. The summed E-state index contributed by atoms with van der Waals surface area (Å²) in [4.78, 5) is 14.5. The Bertz CT molecular complexity index is 1300. The second-order valence-corrected chi connectivity index (χ2v) is 9.40. The molecule has 0 bridgehead atoms. The first-order chi connectivity index (χ1) is 15.8. The molecule has 1 aromatic heterocycles. The van der Waals surface area contributed by atoms with Crippen LogP contribution in [0.15, 0.2) is 70.1 Å². The van der Waals surface area contributed by atoms with E-state index in [-0.39, 0.29) is 22.0 Å². The van der Waals surface area contributed by atoms with E-state index in [9.17, 15) is 17.6 Å². The van der Waals surface area contributed by atoms with E-state index in [1.165, 1.54) is 41.2 Å². The first-order valence-electron chi connectivity index (χ1n) is 10.6. The highest BCUT2D eigenvalue weighted by atomic mass is 32.2. The normalized spacial score (nSPS) is 15.9. The molecule has 2 aromatic carbocycles. The van der Waals surface area contributed by atoms with Crippen molar-refractivity contribution in [2.45, 2.75) is 30.6 Å². The van der Waals surface area contributed by atoms with E-state index in [0.717, 1.165) is 25.8 Å². The number of carbonyl (C=O) groups is 1. The summed E-state index contributed by atoms with van der Waals surface area (Å²) >= 11 is 0. The largest absolute Gasteiger partial charge is 0.362 e. The van der Waals surface area contributed by atoms with Gasteiger partial charge in [0.2, 0.25) is 0 Å². The molecular weight excluding hydrogens is 445 g/mol. The molecule has 8 nitrogen and oxygen atoms in total. The number of para-hydroxylation sites is 1. The summed E-state index contributed by atoms with van der Waals surface area (Å²) in [5.41, 5.74) is 0.565. The number of amides is 1. The van der Waals surface area contributed by atoms with Crippen LogP contribution in [0, 0.1) is 5.82 Å². The minimum Gasteiger partial charge on any atom is -0.362 e. The van der Waals surface area contributed by atoms with E-state index in [1.54, 1.807) is 24.3 Å². The molecule has 1 fully saturated rings. The number of carbonyl (C=O) groups excluding carboxylic acids is 1. The fourth-order valence-corrected chi connectivity index (χ4v) is 4.72. The van der Waals surface area contributed by atoms with E-state index in [4.69, 9.17) is 0 Å². The lowest BCUT2D eigenvalue weighted by molar-refractivity contribution is 0.102. The Hall–Kier alpha value is -3.53. The average molecular weight is 470 g/mol. The second-order valence-electron chi connectivity index (χ2n) is 7.79. The Morgan fingerprint density at radius 3 is 2.73 bits per heavy atom. The molecule has 1 amide bonds. The number of amidine groups is 1. The molecule has 1 aliphatic heterocycles. The number of rotatable bonds is 5. The quantitative estimate of drug-likeness (QED) is 0.612. The van der Waals surface area contributed by atoms with E-state index >= 15 is 0 Å². The highest BCUT2D eigenvalue weighted by Gasteiger charge is 2.19. The van der Waals surface area contributed by atoms with Gasteiger partial charge in [0.25, 0.3) is 15.9 Å². The van der Waals surface area contributed by atoms with Crippen LogP contribution in [0.5, 0.6) is 0 Å². The maximum absolute atomic E-state index is 14.0. The number of aromatic nitrogens is 2. The molecule has 2 heterocycles. The summed E-state index contributed by atoms with van der Waals surface area (Å²) in [6, 6.07) is 13.5. The maximum atomic E-state index is 14.0. The Kier molecular flexibility index (Phi) is 6.55. The van der Waals surface area contributed by atoms with Gasteiger partial charge in [-0.2, -0.15) is 13.5 Å². The van der Waals surface area contributed by atoms with Gasteiger partial charge in [-0.1, -0.05) is 24.6 Å². The summed E-state index contributed by atoms with van der Waals surface area (Å²) in [5.74, 6) is -0.471. The first kappa shape index (κ1) is 22.7. The summed E-state index contributed by atoms with van der Waals surface area (Å²) in [6.45, 7) is 0.768. The summed E-state index contributed by atoms with van der Waals surface area (Å²) in [7, 11) is -2.09. The van der Waals surface area contributed by atoms with Crippen molar-refractivity contribution in [2.75, 3.05) is 18.9 Å². The van der Waals surface area contributed by atoms with Crippen LogP contribution in [-0.4, -0.2) is 48.4 Å². The fourth-order valence-electron chi connectivity index (χ4n) is 3.58. The Balaban J connectivity index is 1.53. The number of anilines is 1. The van der Waals surface area contributed by atoms with Crippen LogP contribution in [0.4, 0.5) is 10.1 Å². The van der Waals surface area contributed by atoms with E-state index in [1.807, 2.05) is 11.9 Å².